The van der Waals surface area contributed by atoms with Gasteiger partial charge < -0.3 is 17.3 Å². The molecule has 1 N–H and O–H groups in total. The minimum atomic E-state index is 0. The van der Waals surface area contributed by atoms with Crippen LogP contribution >= 0.6 is 0 Å². The molecule has 2 fully saturated rings. The van der Waals surface area contributed by atoms with E-state index in [0.29, 0.717) is 10.8 Å². The second-order valence-electron chi connectivity index (χ2n) is 6.24. The predicted octanol–water partition coefficient (Wildman–Crippen LogP) is -1.65. The van der Waals surface area contributed by atoms with Crippen molar-refractivity contribution in [3.8, 4) is 0 Å². The minimum absolute atomic E-state index is 0. The fourth-order valence-corrected chi connectivity index (χ4v) is 4.08. The van der Waals surface area contributed by atoms with Crippen LogP contribution in [0.1, 0.15) is 40.0 Å². The van der Waals surface area contributed by atoms with Crippen LogP contribution in [0.3, 0.4) is 0 Å². The summed E-state index contributed by atoms with van der Waals surface area (Å²) in [7, 11) is 4.65. The van der Waals surface area contributed by atoms with E-state index in [-0.39, 0.29) is 12.4 Å². The van der Waals surface area contributed by atoms with Gasteiger partial charge in [-0.05, 0) is 24.2 Å². The van der Waals surface area contributed by atoms with Crippen molar-refractivity contribution in [1.82, 2.24) is 0 Å². The summed E-state index contributed by atoms with van der Waals surface area (Å²) < 4.78 is 0. The molecule has 0 aromatic heterocycles. The van der Waals surface area contributed by atoms with Crippen LogP contribution in [-0.2, 0) is 0 Å². The van der Waals surface area contributed by atoms with Gasteiger partial charge in [0.15, 0.2) is 0 Å². The van der Waals surface area contributed by atoms with Crippen molar-refractivity contribution in [3.63, 3.8) is 0 Å². The first-order chi connectivity index (χ1) is 5.89. The molecule has 0 radical (unpaired) electrons. The van der Waals surface area contributed by atoms with Gasteiger partial charge in [0, 0.05) is 11.8 Å². The number of nitrogens with one attached hydrogen (secondary N) is 1. The molecule has 2 heteroatoms. The lowest BCUT2D eigenvalue weighted by molar-refractivity contribution is -0.894. The molecule has 0 aromatic rings. The van der Waals surface area contributed by atoms with Crippen molar-refractivity contribution in [3.05, 3.63) is 0 Å². The van der Waals surface area contributed by atoms with E-state index in [2.05, 4.69) is 34.9 Å². The Labute approximate surface area is 94.7 Å². The maximum Gasteiger partial charge on any atom is 0.0932 e. The lowest BCUT2D eigenvalue weighted by Gasteiger charge is -2.39. The lowest BCUT2D eigenvalue weighted by Crippen LogP contribution is -3.11. The highest BCUT2D eigenvalue weighted by Gasteiger charge is 2.63. The monoisotopic (exact) mass is 217 g/mol. The molecule has 2 rings (SSSR count). The Hall–Kier alpha value is 0.250. The number of hydrogen-bond donors (Lipinski definition) is 1. The number of fused-ring (bicyclic) bond motifs is 2. The molecule has 2 aliphatic carbocycles. The highest BCUT2D eigenvalue weighted by atomic mass is 35.5. The number of rotatable bonds is 1. The first-order valence-electron chi connectivity index (χ1n) is 5.69. The molecule has 0 spiro atoms. The van der Waals surface area contributed by atoms with E-state index in [1.54, 1.807) is 4.90 Å². The molecule has 3 unspecified atom stereocenters. The van der Waals surface area contributed by atoms with Crippen LogP contribution in [0.2, 0.25) is 0 Å². The zero-order valence-corrected chi connectivity index (χ0v) is 10.9. The van der Waals surface area contributed by atoms with Gasteiger partial charge in [-0.25, -0.2) is 0 Å². The van der Waals surface area contributed by atoms with Gasteiger partial charge in [0.1, 0.15) is 0 Å². The van der Waals surface area contributed by atoms with Gasteiger partial charge in [0.05, 0.1) is 20.1 Å². The van der Waals surface area contributed by atoms with E-state index in [0.717, 1.165) is 12.0 Å². The molecule has 84 valence electrons. The van der Waals surface area contributed by atoms with Crippen molar-refractivity contribution in [2.24, 2.45) is 16.7 Å². The second kappa shape index (κ2) is 3.38. The van der Waals surface area contributed by atoms with Gasteiger partial charge in [-0.1, -0.05) is 20.8 Å². The largest absolute Gasteiger partial charge is 1.00 e. The van der Waals surface area contributed by atoms with E-state index in [9.17, 15) is 0 Å². The van der Waals surface area contributed by atoms with Gasteiger partial charge in [0.2, 0.25) is 0 Å². The third-order valence-electron chi connectivity index (χ3n) is 5.49. The quantitative estimate of drug-likeness (QED) is 0.537. The Morgan fingerprint density at radius 3 is 1.93 bits per heavy atom. The first kappa shape index (κ1) is 12.3. The zero-order chi connectivity index (χ0) is 9.85. The maximum absolute atomic E-state index is 2.53. The van der Waals surface area contributed by atoms with Gasteiger partial charge in [-0.3, -0.25) is 0 Å². The summed E-state index contributed by atoms with van der Waals surface area (Å²) in [6.45, 7) is 7.51. The second-order valence-corrected chi connectivity index (χ2v) is 6.24. The maximum atomic E-state index is 2.53. The summed E-state index contributed by atoms with van der Waals surface area (Å²) in [4.78, 5) is 1.66. The number of quaternary nitrogens is 1. The molecule has 2 bridgehead atoms. The molecule has 0 aliphatic heterocycles. The third-order valence-corrected chi connectivity index (χ3v) is 5.49. The standard InChI is InChI=1S/C12H23N.ClH/c1-11(2)9-6-7-12(11,3)10(8-9)13(4)5;/h9-10H,6-8H2,1-5H3;1H. The Morgan fingerprint density at radius 2 is 1.71 bits per heavy atom. The van der Waals surface area contributed by atoms with Gasteiger partial charge in [0.25, 0.3) is 0 Å². The summed E-state index contributed by atoms with van der Waals surface area (Å²) in [6.07, 6.45) is 4.40. The van der Waals surface area contributed by atoms with Crippen LogP contribution < -0.4 is 17.3 Å². The molecule has 0 heterocycles. The van der Waals surface area contributed by atoms with Crippen LogP contribution in [0, 0.1) is 16.7 Å². The molecule has 14 heavy (non-hydrogen) atoms. The number of halogens is 1. The fraction of sp³-hybridized carbons (Fsp3) is 1.00. The van der Waals surface area contributed by atoms with Gasteiger partial charge >= 0.3 is 0 Å². The predicted molar refractivity (Wildman–Crippen MR) is 55.8 cm³/mol. The average molecular weight is 218 g/mol. The molecule has 3 atom stereocenters. The molecule has 2 saturated carbocycles. The van der Waals surface area contributed by atoms with Crippen molar-refractivity contribution >= 4 is 0 Å². The first-order valence-corrected chi connectivity index (χ1v) is 5.69. The van der Waals surface area contributed by atoms with Gasteiger partial charge in [-0.2, -0.15) is 0 Å². The van der Waals surface area contributed by atoms with Crippen molar-refractivity contribution in [2.75, 3.05) is 14.1 Å². The van der Waals surface area contributed by atoms with Crippen LogP contribution in [0.4, 0.5) is 0 Å². The zero-order valence-electron chi connectivity index (χ0n) is 10.2. The summed E-state index contributed by atoms with van der Waals surface area (Å²) in [6, 6.07) is 0.904. The molecular weight excluding hydrogens is 194 g/mol. The molecular formula is C12H24ClN. The van der Waals surface area contributed by atoms with Crippen LogP contribution in [0.5, 0.6) is 0 Å². The average Bonchev–Trinajstić information content (AvgIpc) is 2.34. The van der Waals surface area contributed by atoms with Crippen LogP contribution in [-0.4, -0.2) is 20.1 Å². The van der Waals surface area contributed by atoms with E-state index < -0.39 is 0 Å². The molecule has 0 aromatic carbocycles. The molecule has 0 amide bonds. The highest BCUT2D eigenvalue weighted by Crippen LogP contribution is 2.64. The summed E-state index contributed by atoms with van der Waals surface area (Å²) in [5.41, 5.74) is 1.20. The Kier molecular flexibility index (Phi) is 2.98. The van der Waals surface area contributed by atoms with E-state index >= 15 is 0 Å². The minimum Gasteiger partial charge on any atom is -1.00 e. The van der Waals surface area contributed by atoms with E-state index in [1.807, 2.05) is 0 Å². The Balaban J connectivity index is 0.000000980. The third kappa shape index (κ3) is 1.25. The molecule has 2 aliphatic rings. The van der Waals surface area contributed by atoms with Crippen LogP contribution in [0.15, 0.2) is 0 Å². The topological polar surface area (TPSA) is 4.44 Å². The van der Waals surface area contributed by atoms with Crippen molar-refractivity contribution < 1.29 is 17.3 Å². The smallest absolute Gasteiger partial charge is 0.0932 e. The highest BCUT2D eigenvalue weighted by molar-refractivity contribution is 5.10. The normalized spacial score (nSPS) is 44.1. The SMILES string of the molecule is C[NH+](C)C1CC2CCC1(C)C2(C)C.[Cl-]. The molecule has 0 saturated heterocycles. The summed E-state index contributed by atoms with van der Waals surface area (Å²) in [5, 5.41) is 0. The van der Waals surface area contributed by atoms with Gasteiger partial charge in [-0.15, -0.1) is 0 Å². The van der Waals surface area contributed by atoms with Crippen molar-refractivity contribution in [2.45, 2.75) is 46.1 Å². The lowest BCUT2D eigenvalue weighted by atomic mass is 9.69. The van der Waals surface area contributed by atoms with E-state index in [1.165, 1.54) is 19.3 Å². The van der Waals surface area contributed by atoms with Crippen molar-refractivity contribution in [1.29, 1.82) is 0 Å². The Morgan fingerprint density at radius 1 is 1.14 bits per heavy atom. The molecule has 1 nitrogen and oxygen atoms in total. The summed E-state index contributed by atoms with van der Waals surface area (Å²) >= 11 is 0. The Bertz CT molecular complexity index is 224. The fourth-order valence-electron chi connectivity index (χ4n) is 4.08. The van der Waals surface area contributed by atoms with Crippen LogP contribution in [0.25, 0.3) is 0 Å². The summed E-state index contributed by atoms with van der Waals surface area (Å²) in [5.74, 6) is 0.998. The van der Waals surface area contributed by atoms with E-state index in [4.69, 9.17) is 0 Å². The number of hydrogen-bond acceptors (Lipinski definition) is 0.